The highest BCUT2D eigenvalue weighted by atomic mass is 32.2. The van der Waals surface area contributed by atoms with Gasteiger partial charge in [0.2, 0.25) is 0 Å². The molecule has 0 saturated heterocycles. The third kappa shape index (κ3) is 8.14. The fraction of sp³-hybridized carbons (Fsp3) is 0.900. The lowest BCUT2D eigenvalue weighted by atomic mass is 10.1. The zero-order valence-corrected chi connectivity index (χ0v) is 9.49. The predicted molar refractivity (Wildman–Crippen MR) is 59.9 cm³/mol. The maximum Gasteiger partial charge on any atom is 0.0638 e. The molecule has 0 fully saturated rings. The maximum absolute atomic E-state index is 8.51. The van der Waals surface area contributed by atoms with Gasteiger partial charge in [-0.25, -0.2) is 0 Å². The second-order valence-electron chi connectivity index (χ2n) is 2.97. The molecule has 1 unspecified atom stereocenters. The normalized spacial score (nSPS) is 12.4. The highest BCUT2D eigenvalue weighted by Crippen LogP contribution is 2.01. The molecule has 1 N–H and O–H groups in total. The molecule has 13 heavy (non-hydrogen) atoms. The molecule has 0 saturated carbocycles. The summed E-state index contributed by atoms with van der Waals surface area (Å²) >= 11 is 1.98. The first-order valence-electron chi connectivity index (χ1n) is 5.03. The van der Waals surface area contributed by atoms with Crippen molar-refractivity contribution in [1.29, 1.82) is 5.26 Å². The SMILES string of the molecule is CCSCCCNC(CC)CC#N. The molecule has 0 aliphatic heterocycles. The molecular weight excluding hydrogens is 180 g/mol. The van der Waals surface area contributed by atoms with E-state index in [0.29, 0.717) is 12.5 Å². The van der Waals surface area contributed by atoms with Crippen molar-refractivity contribution in [3.8, 4) is 6.07 Å². The van der Waals surface area contributed by atoms with Gasteiger partial charge in [-0.1, -0.05) is 13.8 Å². The van der Waals surface area contributed by atoms with Crippen molar-refractivity contribution in [1.82, 2.24) is 5.32 Å². The minimum atomic E-state index is 0.400. The van der Waals surface area contributed by atoms with Crippen LogP contribution in [-0.2, 0) is 0 Å². The average molecular weight is 200 g/mol. The molecule has 2 nitrogen and oxygen atoms in total. The first kappa shape index (κ1) is 12.8. The summed E-state index contributed by atoms with van der Waals surface area (Å²) in [6, 6.07) is 2.60. The van der Waals surface area contributed by atoms with Crippen LogP contribution >= 0.6 is 11.8 Å². The molecule has 0 radical (unpaired) electrons. The van der Waals surface area contributed by atoms with E-state index in [0.717, 1.165) is 13.0 Å². The molecule has 0 rings (SSSR count). The topological polar surface area (TPSA) is 35.8 Å². The van der Waals surface area contributed by atoms with Gasteiger partial charge in [-0.3, -0.25) is 0 Å². The number of rotatable bonds is 8. The van der Waals surface area contributed by atoms with Crippen molar-refractivity contribution in [2.75, 3.05) is 18.1 Å². The minimum absolute atomic E-state index is 0.400. The summed E-state index contributed by atoms with van der Waals surface area (Å²) in [4.78, 5) is 0. The molecule has 0 aromatic rings. The Morgan fingerprint density at radius 2 is 2.23 bits per heavy atom. The van der Waals surface area contributed by atoms with Gasteiger partial charge in [0.05, 0.1) is 12.5 Å². The van der Waals surface area contributed by atoms with Crippen molar-refractivity contribution in [2.24, 2.45) is 0 Å². The van der Waals surface area contributed by atoms with Crippen molar-refractivity contribution in [2.45, 2.75) is 39.2 Å². The number of nitrogens with zero attached hydrogens (tertiary/aromatic N) is 1. The maximum atomic E-state index is 8.51. The molecule has 0 spiro atoms. The Balaban J connectivity index is 3.23. The lowest BCUT2D eigenvalue weighted by molar-refractivity contribution is 0.506. The third-order valence-corrected chi connectivity index (χ3v) is 2.92. The van der Waals surface area contributed by atoms with Crippen LogP contribution in [0.4, 0.5) is 0 Å². The van der Waals surface area contributed by atoms with E-state index in [4.69, 9.17) is 5.26 Å². The van der Waals surface area contributed by atoms with E-state index in [2.05, 4.69) is 25.2 Å². The van der Waals surface area contributed by atoms with Crippen LogP contribution in [0, 0.1) is 11.3 Å². The van der Waals surface area contributed by atoms with E-state index in [9.17, 15) is 0 Å². The first-order valence-corrected chi connectivity index (χ1v) is 6.18. The molecule has 0 aromatic heterocycles. The Bertz CT molecular complexity index is 142. The quantitative estimate of drug-likeness (QED) is 0.611. The summed E-state index contributed by atoms with van der Waals surface area (Å²) in [7, 11) is 0. The van der Waals surface area contributed by atoms with E-state index in [1.165, 1.54) is 17.9 Å². The summed E-state index contributed by atoms with van der Waals surface area (Å²) < 4.78 is 0. The average Bonchev–Trinajstić information content (AvgIpc) is 2.16. The molecule has 76 valence electrons. The van der Waals surface area contributed by atoms with Gasteiger partial charge in [0.25, 0.3) is 0 Å². The van der Waals surface area contributed by atoms with Crippen LogP contribution in [0.1, 0.15) is 33.1 Å². The summed E-state index contributed by atoms with van der Waals surface area (Å²) in [5.74, 6) is 2.43. The van der Waals surface area contributed by atoms with E-state index in [1.54, 1.807) is 0 Å². The van der Waals surface area contributed by atoms with Gasteiger partial charge in [-0.05, 0) is 30.9 Å². The van der Waals surface area contributed by atoms with Crippen molar-refractivity contribution >= 4 is 11.8 Å². The fourth-order valence-corrected chi connectivity index (χ4v) is 1.73. The zero-order valence-electron chi connectivity index (χ0n) is 8.68. The second kappa shape index (κ2) is 9.88. The molecule has 0 amide bonds. The van der Waals surface area contributed by atoms with Crippen LogP contribution in [0.2, 0.25) is 0 Å². The lowest BCUT2D eigenvalue weighted by Gasteiger charge is -2.12. The molecule has 1 atom stereocenters. The number of nitrogens with one attached hydrogen (secondary N) is 1. The Hall–Kier alpha value is -0.200. The van der Waals surface area contributed by atoms with Crippen LogP contribution in [0.3, 0.4) is 0 Å². The van der Waals surface area contributed by atoms with E-state index < -0.39 is 0 Å². The summed E-state index contributed by atoms with van der Waals surface area (Å²) in [5, 5.41) is 11.9. The van der Waals surface area contributed by atoms with Crippen LogP contribution in [0.25, 0.3) is 0 Å². The summed E-state index contributed by atoms with van der Waals surface area (Å²) in [6.45, 7) is 5.35. The monoisotopic (exact) mass is 200 g/mol. The Kier molecular flexibility index (Phi) is 9.73. The lowest BCUT2D eigenvalue weighted by Crippen LogP contribution is -2.29. The van der Waals surface area contributed by atoms with Crippen molar-refractivity contribution in [3.63, 3.8) is 0 Å². The smallest absolute Gasteiger partial charge is 0.0638 e. The fourth-order valence-electron chi connectivity index (χ4n) is 1.10. The molecule has 0 aliphatic carbocycles. The van der Waals surface area contributed by atoms with Gasteiger partial charge < -0.3 is 5.32 Å². The molecule has 0 bridgehead atoms. The summed E-state index contributed by atoms with van der Waals surface area (Å²) in [5.41, 5.74) is 0. The van der Waals surface area contributed by atoms with Gasteiger partial charge in [0, 0.05) is 6.04 Å². The highest BCUT2D eigenvalue weighted by Gasteiger charge is 2.02. The van der Waals surface area contributed by atoms with Gasteiger partial charge in [-0.2, -0.15) is 17.0 Å². The van der Waals surface area contributed by atoms with E-state index in [1.807, 2.05) is 11.8 Å². The van der Waals surface area contributed by atoms with Gasteiger partial charge in [-0.15, -0.1) is 0 Å². The van der Waals surface area contributed by atoms with Crippen LogP contribution in [0.15, 0.2) is 0 Å². The van der Waals surface area contributed by atoms with Crippen LogP contribution < -0.4 is 5.32 Å². The number of nitriles is 1. The Morgan fingerprint density at radius 3 is 2.77 bits per heavy atom. The molecular formula is C10H20N2S. The van der Waals surface area contributed by atoms with Gasteiger partial charge in [0.15, 0.2) is 0 Å². The molecule has 0 heterocycles. The molecule has 0 aromatic carbocycles. The summed E-state index contributed by atoms with van der Waals surface area (Å²) in [6.07, 6.45) is 2.90. The Labute approximate surface area is 86.1 Å². The highest BCUT2D eigenvalue weighted by molar-refractivity contribution is 7.99. The first-order chi connectivity index (χ1) is 6.35. The molecule has 0 aliphatic rings. The number of thioether (sulfide) groups is 1. The number of hydrogen-bond donors (Lipinski definition) is 1. The van der Waals surface area contributed by atoms with Crippen LogP contribution in [-0.4, -0.2) is 24.1 Å². The van der Waals surface area contributed by atoms with E-state index >= 15 is 0 Å². The van der Waals surface area contributed by atoms with Crippen LogP contribution in [0.5, 0.6) is 0 Å². The Morgan fingerprint density at radius 1 is 1.46 bits per heavy atom. The third-order valence-electron chi connectivity index (χ3n) is 1.93. The number of hydrogen-bond acceptors (Lipinski definition) is 3. The van der Waals surface area contributed by atoms with Crippen molar-refractivity contribution in [3.05, 3.63) is 0 Å². The largest absolute Gasteiger partial charge is 0.313 e. The minimum Gasteiger partial charge on any atom is -0.313 e. The van der Waals surface area contributed by atoms with Gasteiger partial charge >= 0.3 is 0 Å². The van der Waals surface area contributed by atoms with Crippen molar-refractivity contribution < 1.29 is 0 Å². The van der Waals surface area contributed by atoms with E-state index in [-0.39, 0.29) is 0 Å². The standard InChI is InChI=1S/C10H20N2S/c1-3-10(6-7-11)12-8-5-9-13-4-2/h10,12H,3-6,8-9H2,1-2H3. The van der Waals surface area contributed by atoms with Gasteiger partial charge in [0.1, 0.15) is 0 Å². The predicted octanol–water partition coefficient (Wildman–Crippen LogP) is 2.41. The molecule has 3 heteroatoms. The zero-order chi connectivity index (χ0) is 9.94. The second-order valence-corrected chi connectivity index (χ2v) is 4.37.